The second-order valence-corrected chi connectivity index (χ2v) is 21.2. The number of rotatable bonds is 55. The van der Waals surface area contributed by atoms with Gasteiger partial charge in [-0.15, -0.1) is 0 Å². The maximum atomic E-state index is 12.9. The molecule has 81 heavy (non-hydrogen) atoms. The minimum absolute atomic E-state index is 0.133. The second-order valence-electron chi connectivity index (χ2n) is 21.2. The van der Waals surface area contributed by atoms with Gasteiger partial charge in [0, 0.05) is 12.8 Å². The van der Waals surface area contributed by atoms with Crippen molar-refractivity contribution in [3.8, 4) is 0 Å². The van der Waals surface area contributed by atoms with E-state index in [2.05, 4.69) is 184 Å². The van der Waals surface area contributed by atoms with Crippen molar-refractivity contribution in [3.63, 3.8) is 0 Å². The van der Waals surface area contributed by atoms with Crippen molar-refractivity contribution in [1.82, 2.24) is 0 Å². The summed E-state index contributed by atoms with van der Waals surface area (Å²) in [5.74, 6) is -2.34. The van der Waals surface area contributed by atoms with Crippen LogP contribution in [0.4, 0.5) is 0 Å². The predicted octanol–water partition coefficient (Wildman–Crippen LogP) is 17.8. The average Bonchev–Trinajstić information content (AvgIpc) is 3.44. The third-order valence-corrected chi connectivity index (χ3v) is 12.5. The van der Waals surface area contributed by atoms with Crippen LogP contribution in [0.5, 0.6) is 0 Å². The molecule has 0 aromatic rings. The van der Waals surface area contributed by atoms with Crippen molar-refractivity contribution in [2.75, 3.05) is 47.5 Å². The molecular weight excluding hydrogens is 1010 g/mol. The van der Waals surface area contributed by atoms with Crippen LogP contribution < -0.4 is 5.11 Å². The molecule has 0 fully saturated rings. The van der Waals surface area contributed by atoms with Crippen LogP contribution in [0.25, 0.3) is 0 Å². The van der Waals surface area contributed by atoms with Crippen LogP contribution in [0.3, 0.4) is 0 Å². The predicted molar refractivity (Wildman–Crippen MR) is 342 cm³/mol. The summed E-state index contributed by atoms with van der Waals surface area (Å²) < 4.78 is 22.6. The lowest BCUT2D eigenvalue weighted by Gasteiger charge is -2.26. The number of carboxylic acid groups (broad SMARTS) is 1. The summed E-state index contributed by atoms with van der Waals surface area (Å²) in [7, 11) is 5.90. The van der Waals surface area contributed by atoms with Gasteiger partial charge in [-0.1, -0.05) is 235 Å². The van der Waals surface area contributed by atoms with Crippen LogP contribution in [0.15, 0.2) is 170 Å². The molecule has 0 aromatic heterocycles. The van der Waals surface area contributed by atoms with E-state index in [1.54, 1.807) is 0 Å². The third-order valence-electron chi connectivity index (χ3n) is 12.5. The van der Waals surface area contributed by atoms with Crippen molar-refractivity contribution < 1.29 is 42.9 Å². The maximum absolute atomic E-state index is 12.9. The highest BCUT2D eigenvalue weighted by molar-refractivity contribution is 5.70. The van der Waals surface area contributed by atoms with E-state index in [-0.39, 0.29) is 38.6 Å². The summed E-state index contributed by atoms with van der Waals surface area (Å²) in [6.07, 6.45) is 88.5. The van der Waals surface area contributed by atoms with E-state index in [1.165, 1.54) is 12.8 Å². The van der Waals surface area contributed by atoms with Crippen molar-refractivity contribution in [3.05, 3.63) is 170 Å². The number of aliphatic carboxylic acids is 1. The number of nitrogens with zero attached hydrogens (tertiary/aromatic N) is 1. The molecule has 454 valence electrons. The number of carboxylic acids is 1. The lowest BCUT2D eigenvalue weighted by Crippen LogP contribution is -2.44. The Morgan fingerprint density at radius 3 is 0.988 bits per heavy atom. The van der Waals surface area contributed by atoms with Gasteiger partial charge in [-0.25, -0.2) is 0 Å². The number of esters is 2. The first kappa shape index (κ1) is 75.7. The zero-order chi connectivity index (χ0) is 59.1. The Balaban J connectivity index is 4.21. The molecule has 0 aliphatic heterocycles. The van der Waals surface area contributed by atoms with E-state index >= 15 is 0 Å². The number of ether oxygens (including phenoxy) is 4. The first-order valence-electron chi connectivity index (χ1n) is 31.3. The molecule has 0 aromatic carbocycles. The molecule has 0 bridgehead atoms. The van der Waals surface area contributed by atoms with Gasteiger partial charge in [0.25, 0.3) is 0 Å². The van der Waals surface area contributed by atoms with Crippen LogP contribution in [0, 0.1) is 0 Å². The lowest BCUT2D eigenvalue weighted by atomic mass is 10.1. The number of likely N-dealkylation sites (N-methyl/N-ethyl adjacent to an activating group) is 1. The fraction of sp³-hybridized carbons (Fsp3) is 0.569. The molecule has 9 nitrogen and oxygen atoms in total. The highest BCUT2D eigenvalue weighted by Gasteiger charge is 2.22. The van der Waals surface area contributed by atoms with Gasteiger partial charge in [-0.05, 0) is 128 Å². The van der Waals surface area contributed by atoms with Gasteiger partial charge in [0.2, 0.25) is 0 Å². The number of quaternary nitrogens is 1. The molecule has 9 heteroatoms. The molecule has 0 N–H and O–H groups in total. The maximum Gasteiger partial charge on any atom is 0.306 e. The molecule has 0 amide bonds. The number of hydrogen-bond acceptors (Lipinski definition) is 8. The van der Waals surface area contributed by atoms with E-state index in [9.17, 15) is 19.5 Å². The topological polar surface area (TPSA) is 111 Å². The molecule has 0 rings (SSSR count). The molecule has 2 atom stereocenters. The summed E-state index contributed by atoms with van der Waals surface area (Å²) in [6, 6.07) is 0. The second kappa shape index (κ2) is 60.7. The number of unbranched alkanes of at least 4 members (excludes halogenated alkanes) is 12. The van der Waals surface area contributed by atoms with Crippen LogP contribution in [-0.2, 0) is 33.3 Å². The molecule has 0 saturated heterocycles. The summed E-state index contributed by atoms with van der Waals surface area (Å²) in [5.41, 5.74) is 0. The third kappa shape index (κ3) is 62.1. The quantitative estimate of drug-likeness (QED) is 0.0195. The van der Waals surface area contributed by atoms with Gasteiger partial charge in [0.05, 0.1) is 40.3 Å². The SMILES string of the molecule is CC/C=C\C/C=C\C/C=C\C/C=C\C/C=C\C/C=C\C/C=C\C/C=C\C/C=C\C/C=C\C/C=C\CCCCCCCCCC(=O)OC(COC(=O)CCCCCCC/C=C\C/C=C\C/C=C\CC)COC(OCC[N+](C)(C)C)C(=O)[O-]. The summed E-state index contributed by atoms with van der Waals surface area (Å²) in [4.78, 5) is 37.3. The normalized spacial score (nSPS) is 13.9. The van der Waals surface area contributed by atoms with E-state index in [1.807, 2.05) is 21.1 Å². The molecule has 2 unspecified atom stereocenters. The zero-order valence-electron chi connectivity index (χ0n) is 51.6. The zero-order valence-corrected chi connectivity index (χ0v) is 51.6. The van der Waals surface area contributed by atoms with E-state index in [0.29, 0.717) is 23.9 Å². The van der Waals surface area contributed by atoms with Gasteiger partial charge in [-0.2, -0.15) is 0 Å². The Labute approximate surface area is 495 Å². The van der Waals surface area contributed by atoms with Crippen LogP contribution in [0.2, 0.25) is 0 Å². The van der Waals surface area contributed by atoms with Crippen LogP contribution in [-0.4, -0.2) is 82.3 Å². The van der Waals surface area contributed by atoms with Gasteiger partial charge in [0.1, 0.15) is 13.2 Å². The summed E-state index contributed by atoms with van der Waals surface area (Å²) >= 11 is 0. The Kier molecular flexibility index (Phi) is 56.7. The van der Waals surface area contributed by atoms with Gasteiger partial charge in [-0.3, -0.25) is 9.59 Å². The van der Waals surface area contributed by atoms with E-state index in [4.69, 9.17) is 18.9 Å². The van der Waals surface area contributed by atoms with E-state index in [0.717, 1.165) is 154 Å². The van der Waals surface area contributed by atoms with E-state index < -0.39 is 24.3 Å². The smallest absolute Gasteiger partial charge is 0.306 e. The highest BCUT2D eigenvalue weighted by atomic mass is 16.7. The van der Waals surface area contributed by atoms with Gasteiger partial charge >= 0.3 is 11.9 Å². The van der Waals surface area contributed by atoms with Crippen molar-refractivity contribution in [2.45, 2.75) is 219 Å². The molecule has 0 spiro atoms. The molecule has 0 saturated carbocycles. The Bertz CT molecular complexity index is 1930. The fourth-order valence-electron chi connectivity index (χ4n) is 7.73. The number of carbonyl (C=O) groups is 3. The Morgan fingerprint density at radius 1 is 0.370 bits per heavy atom. The van der Waals surface area contributed by atoms with Gasteiger partial charge in [0.15, 0.2) is 12.4 Å². The summed E-state index contributed by atoms with van der Waals surface area (Å²) in [5, 5.41) is 11.8. The van der Waals surface area contributed by atoms with Crippen LogP contribution >= 0.6 is 0 Å². The lowest BCUT2D eigenvalue weighted by molar-refractivity contribution is -0.870. The Hall–Kier alpha value is -5.35. The van der Waals surface area contributed by atoms with Crippen molar-refractivity contribution in [2.24, 2.45) is 0 Å². The van der Waals surface area contributed by atoms with Crippen LogP contribution in [0.1, 0.15) is 206 Å². The largest absolute Gasteiger partial charge is 0.545 e. The summed E-state index contributed by atoms with van der Waals surface area (Å²) in [6.45, 7) is 4.45. The first-order valence-corrected chi connectivity index (χ1v) is 31.3. The minimum atomic E-state index is -1.64. The Morgan fingerprint density at radius 2 is 0.667 bits per heavy atom. The molecule has 0 aliphatic carbocycles. The van der Waals surface area contributed by atoms with Gasteiger partial charge < -0.3 is 33.3 Å². The first-order chi connectivity index (χ1) is 39.6. The monoisotopic (exact) mass is 1120 g/mol. The standard InChI is InChI=1S/C72H113NO8/c1-6-8-10-12-14-16-18-20-22-23-24-25-26-27-28-29-30-31-32-33-34-35-36-37-38-39-40-41-42-43-44-45-46-47-49-51-53-55-57-59-61-63-70(75)81-68(67-80-72(71(76)77)78-65-64-73(3,4)5)66-79-69(74)62-60-58-56-54-52-50-48-21-19-17-15-13-11-9-7-2/h8-11,14-17,20-22,24-25,27-28,30-31,33-34,36-37,39-40,42-43,45-46,48,68,72H,6-7,12-13,18-19,23,26,29,32,35,38,41,44,47,49-67H2,1-5H3/b10-8-,11-9-,16-14-,17-15-,22-20-,25-24-,28-27-,31-30-,34-33-,37-36-,40-39-,43-42-,46-45-,48-21-. The highest BCUT2D eigenvalue weighted by Crippen LogP contribution is 2.13. The molecule has 0 radical (unpaired) electrons. The van der Waals surface area contributed by atoms with Crippen molar-refractivity contribution in [1.29, 1.82) is 0 Å². The number of carbonyl (C=O) groups excluding carboxylic acids is 3. The minimum Gasteiger partial charge on any atom is -0.545 e. The van der Waals surface area contributed by atoms with Crippen molar-refractivity contribution >= 4 is 17.9 Å². The average molecular weight is 1120 g/mol. The molecule has 0 aliphatic rings. The molecule has 0 heterocycles. The number of allylic oxidation sites excluding steroid dienone is 28. The molecular formula is C72H113NO8. The fourth-order valence-corrected chi connectivity index (χ4v) is 7.73. The number of hydrogen-bond donors (Lipinski definition) is 0.